The Hall–Kier alpha value is -2.15. The molecule has 0 aliphatic carbocycles. The Labute approximate surface area is 119 Å². The van der Waals surface area contributed by atoms with E-state index in [-0.39, 0.29) is 17.7 Å². The van der Waals surface area contributed by atoms with Crippen LogP contribution in [-0.2, 0) is 4.79 Å². The molecule has 1 aliphatic heterocycles. The normalized spacial score (nSPS) is 18.4. The SMILES string of the molecule is NC(=O)C1CCN(C(=O)c2ccc(-c3ccn[nH]3)s2)C1. The lowest BCUT2D eigenvalue weighted by atomic mass is 10.1. The topological polar surface area (TPSA) is 92.1 Å². The van der Waals surface area contributed by atoms with Crippen LogP contribution in [-0.4, -0.2) is 40.0 Å². The summed E-state index contributed by atoms with van der Waals surface area (Å²) in [6.45, 7) is 1.01. The molecule has 0 radical (unpaired) electrons. The molecule has 0 aromatic carbocycles. The summed E-state index contributed by atoms with van der Waals surface area (Å²) in [5.41, 5.74) is 6.18. The number of amides is 2. The number of nitrogens with two attached hydrogens (primary N) is 1. The second-order valence-electron chi connectivity index (χ2n) is 4.77. The monoisotopic (exact) mass is 290 g/mol. The summed E-state index contributed by atoms with van der Waals surface area (Å²) in [4.78, 5) is 26.8. The minimum Gasteiger partial charge on any atom is -0.369 e. The van der Waals surface area contributed by atoms with Gasteiger partial charge in [0.1, 0.15) is 0 Å². The summed E-state index contributed by atoms with van der Waals surface area (Å²) in [7, 11) is 0. The molecule has 104 valence electrons. The number of carbonyl (C=O) groups excluding carboxylic acids is 2. The van der Waals surface area contributed by atoms with E-state index in [0.717, 1.165) is 10.6 Å². The lowest BCUT2D eigenvalue weighted by molar-refractivity contribution is -0.121. The average molecular weight is 290 g/mol. The predicted molar refractivity (Wildman–Crippen MR) is 75.1 cm³/mol. The van der Waals surface area contributed by atoms with Crippen molar-refractivity contribution in [2.75, 3.05) is 13.1 Å². The molecule has 1 atom stereocenters. The van der Waals surface area contributed by atoms with E-state index in [0.29, 0.717) is 24.4 Å². The third-order valence-corrected chi connectivity index (χ3v) is 4.57. The number of thiophene rings is 1. The van der Waals surface area contributed by atoms with Gasteiger partial charge in [-0.25, -0.2) is 0 Å². The third kappa shape index (κ3) is 2.32. The molecule has 6 nitrogen and oxygen atoms in total. The molecule has 2 aromatic heterocycles. The fourth-order valence-corrected chi connectivity index (χ4v) is 3.27. The highest BCUT2D eigenvalue weighted by atomic mass is 32.1. The van der Waals surface area contributed by atoms with Gasteiger partial charge in [0.2, 0.25) is 5.91 Å². The van der Waals surface area contributed by atoms with Gasteiger partial charge < -0.3 is 10.6 Å². The Balaban J connectivity index is 1.74. The van der Waals surface area contributed by atoms with Crippen molar-refractivity contribution in [3.63, 3.8) is 0 Å². The van der Waals surface area contributed by atoms with Crippen molar-refractivity contribution in [1.82, 2.24) is 15.1 Å². The first-order valence-electron chi connectivity index (χ1n) is 6.33. The molecule has 20 heavy (non-hydrogen) atoms. The second-order valence-corrected chi connectivity index (χ2v) is 5.86. The maximum Gasteiger partial charge on any atom is 0.263 e. The molecule has 1 aliphatic rings. The lowest BCUT2D eigenvalue weighted by Crippen LogP contribution is -2.31. The number of likely N-dealkylation sites (tertiary alicyclic amines) is 1. The van der Waals surface area contributed by atoms with E-state index < -0.39 is 0 Å². The van der Waals surface area contributed by atoms with Crippen LogP contribution < -0.4 is 5.73 Å². The number of rotatable bonds is 3. The zero-order valence-electron chi connectivity index (χ0n) is 10.7. The average Bonchev–Trinajstić information content (AvgIpc) is 3.17. The summed E-state index contributed by atoms with van der Waals surface area (Å²) in [5, 5.41) is 6.77. The van der Waals surface area contributed by atoms with Gasteiger partial charge in [-0.3, -0.25) is 14.7 Å². The van der Waals surface area contributed by atoms with E-state index >= 15 is 0 Å². The smallest absolute Gasteiger partial charge is 0.263 e. The van der Waals surface area contributed by atoms with Crippen LogP contribution in [0, 0.1) is 5.92 Å². The number of H-pyrrole nitrogens is 1. The van der Waals surface area contributed by atoms with Crippen LogP contribution in [0.3, 0.4) is 0 Å². The molecule has 1 unspecified atom stereocenters. The maximum atomic E-state index is 12.4. The molecular weight excluding hydrogens is 276 g/mol. The largest absolute Gasteiger partial charge is 0.369 e. The Kier molecular flexibility index (Phi) is 3.27. The summed E-state index contributed by atoms with van der Waals surface area (Å²) in [5.74, 6) is -0.583. The summed E-state index contributed by atoms with van der Waals surface area (Å²) in [6.07, 6.45) is 2.33. The Morgan fingerprint density at radius 1 is 1.40 bits per heavy atom. The Morgan fingerprint density at radius 2 is 2.25 bits per heavy atom. The lowest BCUT2D eigenvalue weighted by Gasteiger charge is -2.14. The van der Waals surface area contributed by atoms with Crippen molar-refractivity contribution in [3.8, 4) is 10.6 Å². The number of nitrogens with zero attached hydrogens (tertiary/aromatic N) is 2. The van der Waals surface area contributed by atoms with Crippen LogP contribution in [0.15, 0.2) is 24.4 Å². The van der Waals surface area contributed by atoms with Crippen molar-refractivity contribution < 1.29 is 9.59 Å². The fraction of sp³-hybridized carbons (Fsp3) is 0.308. The van der Waals surface area contributed by atoms with Crippen LogP contribution in [0.2, 0.25) is 0 Å². The van der Waals surface area contributed by atoms with Gasteiger partial charge in [0, 0.05) is 19.3 Å². The number of hydrogen-bond acceptors (Lipinski definition) is 4. The van der Waals surface area contributed by atoms with Crippen molar-refractivity contribution in [1.29, 1.82) is 0 Å². The first kappa shape index (κ1) is 12.9. The standard InChI is InChI=1S/C13H14N4O2S/c14-12(18)8-4-6-17(7-8)13(19)11-2-1-10(20-11)9-3-5-15-16-9/h1-3,5,8H,4,6-7H2,(H2,14,18)(H,15,16). The number of aromatic amines is 1. The molecule has 2 aromatic rings. The zero-order chi connectivity index (χ0) is 14.1. The highest BCUT2D eigenvalue weighted by Gasteiger charge is 2.30. The van der Waals surface area contributed by atoms with Crippen LogP contribution in [0.25, 0.3) is 10.6 Å². The number of primary amides is 1. The third-order valence-electron chi connectivity index (χ3n) is 3.46. The molecular formula is C13H14N4O2S. The number of aromatic nitrogens is 2. The van der Waals surface area contributed by atoms with Gasteiger partial charge >= 0.3 is 0 Å². The predicted octanol–water partition coefficient (Wildman–Crippen LogP) is 1.09. The Bertz CT molecular complexity index is 635. The molecule has 2 amide bonds. The van der Waals surface area contributed by atoms with E-state index in [2.05, 4.69) is 10.2 Å². The maximum absolute atomic E-state index is 12.4. The van der Waals surface area contributed by atoms with Crippen LogP contribution in [0.4, 0.5) is 0 Å². The van der Waals surface area contributed by atoms with Gasteiger partial charge in [-0.05, 0) is 24.6 Å². The van der Waals surface area contributed by atoms with Crippen LogP contribution in [0.1, 0.15) is 16.1 Å². The molecule has 7 heteroatoms. The van der Waals surface area contributed by atoms with E-state index in [1.807, 2.05) is 12.1 Å². The van der Waals surface area contributed by atoms with Crippen molar-refractivity contribution in [2.45, 2.75) is 6.42 Å². The van der Waals surface area contributed by atoms with E-state index in [1.54, 1.807) is 17.2 Å². The zero-order valence-corrected chi connectivity index (χ0v) is 11.5. The van der Waals surface area contributed by atoms with Gasteiger partial charge in [-0.1, -0.05) is 0 Å². The first-order valence-corrected chi connectivity index (χ1v) is 7.15. The van der Waals surface area contributed by atoms with E-state index in [1.165, 1.54) is 11.3 Å². The number of carbonyl (C=O) groups is 2. The number of nitrogens with one attached hydrogen (secondary N) is 1. The highest BCUT2D eigenvalue weighted by molar-refractivity contribution is 7.17. The van der Waals surface area contributed by atoms with Crippen LogP contribution >= 0.6 is 11.3 Å². The first-order chi connectivity index (χ1) is 9.65. The van der Waals surface area contributed by atoms with Gasteiger partial charge in [0.05, 0.1) is 21.4 Å². The second kappa shape index (κ2) is 5.09. The van der Waals surface area contributed by atoms with Gasteiger partial charge in [0.25, 0.3) is 5.91 Å². The molecule has 3 heterocycles. The molecule has 1 saturated heterocycles. The number of hydrogen-bond donors (Lipinski definition) is 2. The quantitative estimate of drug-likeness (QED) is 0.886. The molecule has 1 fully saturated rings. The van der Waals surface area contributed by atoms with Gasteiger partial charge in [-0.15, -0.1) is 11.3 Å². The molecule has 0 bridgehead atoms. The van der Waals surface area contributed by atoms with Crippen molar-refractivity contribution in [2.24, 2.45) is 11.7 Å². The highest BCUT2D eigenvalue weighted by Crippen LogP contribution is 2.28. The summed E-state index contributed by atoms with van der Waals surface area (Å²) < 4.78 is 0. The minimum absolute atomic E-state index is 0.0375. The fourth-order valence-electron chi connectivity index (χ4n) is 2.32. The van der Waals surface area contributed by atoms with Gasteiger partial charge in [-0.2, -0.15) is 5.10 Å². The molecule has 3 rings (SSSR count). The van der Waals surface area contributed by atoms with Crippen molar-refractivity contribution >= 4 is 23.2 Å². The summed E-state index contributed by atoms with van der Waals surface area (Å²) in [6, 6.07) is 5.56. The van der Waals surface area contributed by atoms with Gasteiger partial charge in [0.15, 0.2) is 0 Å². The Morgan fingerprint density at radius 3 is 2.90 bits per heavy atom. The molecule has 0 saturated carbocycles. The van der Waals surface area contributed by atoms with Crippen molar-refractivity contribution in [3.05, 3.63) is 29.3 Å². The summed E-state index contributed by atoms with van der Waals surface area (Å²) >= 11 is 1.42. The molecule has 3 N–H and O–H groups in total. The van der Waals surface area contributed by atoms with E-state index in [9.17, 15) is 9.59 Å². The van der Waals surface area contributed by atoms with Crippen LogP contribution in [0.5, 0.6) is 0 Å². The van der Waals surface area contributed by atoms with E-state index in [4.69, 9.17) is 5.73 Å². The molecule has 0 spiro atoms. The minimum atomic E-state index is -0.329.